The van der Waals surface area contributed by atoms with Gasteiger partial charge in [0.15, 0.2) is 0 Å². The molecule has 0 aliphatic carbocycles. The molecule has 0 saturated carbocycles. The second-order valence-electron chi connectivity index (χ2n) is 5.18. The van der Waals surface area contributed by atoms with Crippen molar-refractivity contribution in [3.63, 3.8) is 0 Å². The SMILES string of the molecule is Cc1ccc(NC2=C(Cl)C(=O)N(c3ccccc3Cl)C2=O)cc1Cl. The van der Waals surface area contributed by atoms with Crippen LogP contribution in [-0.4, -0.2) is 11.8 Å². The molecule has 2 aromatic carbocycles. The van der Waals surface area contributed by atoms with Crippen molar-refractivity contribution in [1.82, 2.24) is 0 Å². The summed E-state index contributed by atoms with van der Waals surface area (Å²) in [5, 5.41) is 3.49. The first-order valence-corrected chi connectivity index (χ1v) is 8.10. The first-order valence-electron chi connectivity index (χ1n) is 6.96. The predicted octanol–water partition coefficient (Wildman–Crippen LogP) is 4.74. The number of amides is 2. The van der Waals surface area contributed by atoms with Gasteiger partial charge >= 0.3 is 0 Å². The van der Waals surface area contributed by atoms with Gasteiger partial charge in [-0.2, -0.15) is 0 Å². The number of hydrogen-bond acceptors (Lipinski definition) is 3. The summed E-state index contributed by atoms with van der Waals surface area (Å²) >= 11 is 18.2. The maximum atomic E-state index is 12.6. The highest BCUT2D eigenvalue weighted by Crippen LogP contribution is 2.34. The Hall–Kier alpha value is -2.01. The minimum Gasteiger partial charge on any atom is -0.350 e. The molecule has 1 aliphatic rings. The highest BCUT2D eigenvalue weighted by Gasteiger charge is 2.39. The average Bonchev–Trinajstić information content (AvgIpc) is 2.76. The van der Waals surface area contributed by atoms with Crippen LogP contribution in [0.1, 0.15) is 5.56 Å². The van der Waals surface area contributed by atoms with E-state index >= 15 is 0 Å². The normalized spacial score (nSPS) is 14.6. The summed E-state index contributed by atoms with van der Waals surface area (Å²) in [6, 6.07) is 11.8. The molecule has 0 saturated heterocycles. The Morgan fingerprint density at radius 1 is 0.917 bits per heavy atom. The summed E-state index contributed by atoms with van der Waals surface area (Å²) in [7, 11) is 0. The summed E-state index contributed by atoms with van der Waals surface area (Å²) in [4.78, 5) is 26.0. The van der Waals surface area contributed by atoms with Crippen LogP contribution in [0.3, 0.4) is 0 Å². The molecular formula is C17H11Cl3N2O2. The topological polar surface area (TPSA) is 49.4 Å². The van der Waals surface area contributed by atoms with Crippen molar-refractivity contribution < 1.29 is 9.59 Å². The molecule has 0 unspecified atom stereocenters. The number of aryl methyl sites for hydroxylation is 1. The first-order chi connectivity index (χ1) is 11.4. The predicted molar refractivity (Wildman–Crippen MR) is 96.6 cm³/mol. The molecule has 0 radical (unpaired) electrons. The molecule has 1 aliphatic heterocycles. The highest BCUT2D eigenvalue weighted by atomic mass is 35.5. The van der Waals surface area contributed by atoms with Crippen LogP contribution in [0.25, 0.3) is 0 Å². The van der Waals surface area contributed by atoms with Crippen molar-refractivity contribution in [3.8, 4) is 0 Å². The molecule has 0 aromatic heterocycles. The molecule has 1 N–H and O–H groups in total. The third-order valence-corrected chi connectivity index (χ3v) is 4.64. The molecule has 122 valence electrons. The van der Waals surface area contributed by atoms with E-state index in [1.165, 1.54) is 0 Å². The number of benzene rings is 2. The Balaban J connectivity index is 1.95. The van der Waals surface area contributed by atoms with E-state index in [2.05, 4.69) is 5.32 Å². The molecule has 24 heavy (non-hydrogen) atoms. The number of halogens is 3. The van der Waals surface area contributed by atoms with Crippen molar-refractivity contribution in [2.24, 2.45) is 0 Å². The van der Waals surface area contributed by atoms with Crippen LogP contribution in [0, 0.1) is 6.92 Å². The monoisotopic (exact) mass is 380 g/mol. The van der Waals surface area contributed by atoms with E-state index < -0.39 is 11.8 Å². The smallest absolute Gasteiger partial charge is 0.283 e. The minimum atomic E-state index is -0.629. The standard InChI is InChI=1S/C17H11Cl3N2O2/c1-9-6-7-10(8-12(9)19)21-15-14(20)16(23)22(17(15)24)13-5-3-2-4-11(13)18/h2-8,21H,1H3. The molecule has 2 aromatic rings. The number of rotatable bonds is 3. The molecule has 2 amide bonds. The van der Waals surface area contributed by atoms with E-state index in [9.17, 15) is 9.59 Å². The van der Waals surface area contributed by atoms with Gasteiger partial charge in [-0.25, -0.2) is 4.90 Å². The zero-order valence-electron chi connectivity index (χ0n) is 12.4. The lowest BCUT2D eigenvalue weighted by Gasteiger charge is -2.16. The molecule has 1 heterocycles. The number of anilines is 2. The number of carbonyl (C=O) groups is 2. The Morgan fingerprint density at radius 3 is 2.29 bits per heavy atom. The maximum Gasteiger partial charge on any atom is 0.283 e. The Kier molecular flexibility index (Phi) is 4.54. The largest absolute Gasteiger partial charge is 0.350 e. The van der Waals surface area contributed by atoms with E-state index in [-0.39, 0.29) is 21.4 Å². The molecule has 0 spiro atoms. The van der Waals surface area contributed by atoms with Gasteiger partial charge in [-0.3, -0.25) is 9.59 Å². The van der Waals surface area contributed by atoms with Gasteiger partial charge in [0.1, 0.15) is 10.7 Å². The van der Waals surface area contributed by atoms with E-state index in [0.717, 1.165) is 10.5 Å². The third-order valence-electron chi connectivity index (χ3n) is 3.56. The fourth-order valence-electron chi connectivity index (χ4n) is 2.28. The van der Waals surface area contributed by atoms with Crippen molar-refractivity contribution in [2.75, 3.05) is 10.2 Å². The van der Waals surface area contributed by atoms with Crippen molar-refractivity contribution in [2.45, 2.75) is 6.92 Å². The van der Waals surface area contributed by atoms with E-state index in [1.54, 1.807) is 42.5 Å². The average molecular weight is 382 g/mol. The van der Waals surface area contributed by atoms with Gasteiger partial charge in [-0.15, -0.1) is 0 Å². The van der Waals surface area contributed by atoms with Crippen LogP contribution in [0.5, 0.6) is 0 Å². The van der Waals surface area contributed by atoms with Gasteiger partial charge in [0, 0.05) is 10.7 Å². The number of hydrogen-bond donors (Lipinski definition) is 1. The van der Waals surface area contributed by atoms with E-state index in [4.69, 9.17) is 34.8 Å². The molecule has 0 fully saturated rings. The lowest BCUT2D eigenvalue weighted by atomic mass is 10.2. The van der Waals surface area contributed by atoms with Crippen LogP contribution in [0.15, 0.2) is 53.2 Å². The van der Waals surface area contributed by atoms with Crippen molar-refractivity contribution >= 4 is 58.0 Å². The number of nitrogens with zero attached hydrogens (tertiary/aromatic N) is 1. The second kappa shape index (κ2) is 6.48. The quantitative estimate of drug-likeness (QED) is 0.781. The molecular weight excluding hydrogens is 371 g/mol. The highest BCUT2D eigenvalue weighted by molar-refractivity contribution is 6.53. The van der Waals surface area contributed by atoms with Gasteiger partial charge in [-0.1, -0.05) is 53.0 Å². The first kappa shape index (κ1) is 16.8. The van der Waals surface area contributed by atoms with Crippen LogP contribution >= 0.6 is 34.8 Å². The summed E-state index contributed by atoms with van der Waals surface area (Å²) in [5.41, 5.74) is 1.72. The molecule has 0 bridgehead atoms. The Labute approximate surface area is 153 Å². The lowest BCUT2D eigenvalue weighted by Crippen LogP contribution is -2.32. The summed E-state index contributed by atoms with van der Waals surface area (Å²) in [6.45, 7) is 1.86. The lowest BCUT2D eigenvalue weighted by molar-refractivity contribution is -0.120. The third kappa shape index (κ3) is 2.88. The molecule has 3 rings (SSSR count). The van der Waals surface area contributed by atoms with Crippen LogP contribution in [-0.2, 0) is 9.59 Å². The van der Waals surface area contributed by atoms with E-state index in [0.29, 0.717) is 10.7 Å². The molecule has 7 heteroatoms. The number of para-hydroxylation sites is 1. The Morgan fingerprint density at radius 2 is 1.62 bits per heavy atom. The van der Waals surface area contributed by atoms with Gasteiger partial charge in [-0.05, 0) is 36.8 Å². The number of imide groups is 1. The maximum absolute atomic E-state index is 12.6. The van der Waals surface area contributed by atoms with Gasteiger partial charge < -0.3 is 5.32 Å². The Bertz CT molecular complexity index is 893. The van der Waals surface area contributed by atoms with Crippen molar-refractivity contribution in [1.29, 1.82) is 0 Å². The summed E-state index contributed by atoms with van der Waals surface area (Å²) in [6.07, 6.45) is 0. The number of carbonyl (C=O) groups excluding carboxylic acids is 2. The molecule has 4 nitrogen and oxygen atoms in total. The fraction of sp³-hybridized carbons (Fsp3) is 0.0588. The van der Waals surface area contributed by atoms with E-state index in [1.807, 2.05) is 6.92 Å². The summed E-state index contributed by atoms with van der Waals surface area (Å²) < 4.78 is 0. The molecule has 0 atom stereocenters. The second-order valence-corrected chi connectivity index (χ2v) is 6.37. The van der Waals surface area contributed by atoms with Gasteiger partial charge in [0.25, 0.3) is 11.8 Å². The zero-order valence-corrected chi connectivity index (χ0v) is 14.7. The van der Waals surface area contributed by atoms with Crippen LogP contribution < -0.4 is 10.2 Å². The van der Waals surface area contributed by atoms with Crippen LogP contribution in [0.2, 0.25) is 10.0 Å². The zero-order chi connectivity index (χ0) is 17.4. The fourth-order valence-corrected chi connectivity index (χ4v) is 2.89. The van der Waals surface area contributed by atoms with Gasteiger partial charge in [0.05, 0.1) is 10.7 Å². The summed E-state index contributed by atoms with van der Waals surface area (Å²) in [5.74, 6) is -1.20. The van der Waals surface area contributed by atoms with Gasteiger partial charge in [0.2, 0.25) is 0 Å². The number of nitrogens with one attached hydrogen (secondary N) is 1. The minimum absolute atomic E-state index is 0.0125. The van der Waals surface area contributed by atoms with Crippen LogP contribution in [0.4, 0.5) is 11.4 Å². The van der Waals surface area contributed by atoms with Crippen molar-refractivity contribution in [3.05, 3.63) is 68.8 Å².